The molecule has 0 aromatic heterocycles. The first-order valence-electron chi connectivity index (χ1n) is 12.6. The van der Waals surface area contributed by atoms with Gasteiger partial charge in [0.05, 0.1) is 0 Å². The van der Waals surface area contributed by atoms with Crippen molar-refractivity contribution < 1.29 is 36.1 Å². The molecular weight excluding hydrogens is 500 g/mol. The van der Waals surface area contributed by atoms with Gasteiger partial charge in [-0.2, -0.15) is 0 Å². The first-order chi connectivity index (χ1) is 17.4. The van der Waals surface area contributed by atoms with Gasteiger partial charge in [-0.05, 0) is 50.7 Å². The van der Waals surface area contributed by atoms with Crippen molar-refractivity contribution in [1.29, 1.82) is 0 Å². The molecule has 0 heterocycles. The van der Waals surface area contributed by atoms with E-state index in [1.54, 1.807) is 54.8 Å². The van der Waals surface area contributed by atoms with Crippen LogP contribution in [0.2, 0.25) is 12.1 Å². The van der Waals surface area contributed by atoms with Crippen LogP contribution in [-0.4, -0.2) is 85.2 Å². The van der Waals surface area contributed by atoms with Gasteiger partial charge in [0.2, 0.25) is 11.8 Å². The Hall–Kier alpha value is -1.39. The monoisotopic (exact) mass is 548 g/mol. The first kappa shape index (κ1) is 34.6. The number of hydrogen-bond donors (Lipinski definition) is 2. The number of carbonyl (C=O) groups excluding carboxylic acids is 2. The molecule has 2 N–H and O–H groups in total. The summed E-state index contributed by atoms with van der Waals surface area (Å²) in [5.41, 5.74) is 0. The van der Waals surface area contributed by atoms with Gasteiger partial charge in [-0.15, -0.1) is 0 Å². The van der Waals surface area contributed by atoms with E-state index in [4.69, 9.17) is 26.6 Å². The SMILES string of the molecule is CO[Si](CCCNC(=O)C=CCCCCCC/C=C/C(=O)NCCC[Si](OC)(OC)OC)(OC)OC. The van der Waals surface area contributed by atoms with Crippen molar-refractivity contribution in [3.8, 4) is 0 Å². The van der Waals surface area contributed by atoms with Gasteiger partial charge in [-0.25, -0.2) is 0 Å². The smallest absolute Gasteiger partial charge is 0.377 e. The minimum Gasteiger partial charge on any atom is -0.377 e. The highest BCUT2D eigenvalue weighted by Gasteiger charge is 2.37. The molecule has 0 aliphatic heterocycles. The number of unbranched alkanes of at least 4 members (excludes halogenated alkanes) is 5. The molecule has 0 saturated heterocycles. The van der Waals surface area contributed by atoms with Gasteiger partial charge < -0.3 is 37.2 Å². The molecule has 0 aliphatic carbocycles. The first-order valence-corrected chi connectivity index (χ1v) is 16.4. The zero-order valence-electron chi connectivity index (χ0n) is 23.1. The fraction of sp³-hybridized carbons (Fsp3) is 0.750. The van der Waals surface area contributed by atoms with E-state index < -0.39 is 17.6 Å². The van der Waals surface area contributed by atoms with Crippen molar-refractivity contribution in [2.45, 2.75) is 63.5 Å². The lowest BCUT2D eigenvalue weighted by molar-refractivity contribution is -0.117. The van der Waals surface area contributed by atoms with Crippen LogP contribution in [0.5, 0.6) is 0 Å². The minimum atomic E-state index is -2.57. The molecule has 0 aliphatic rings. The van der Waals surface area contributed by atoms with E-state index in [0.29, 0.717) is 25.2 Å². The van der Waals surface area contributed by atoms with E-state index in [2.05, 4.69) is 10.6 Å². The standard InChI is InChI=1S/C24H48N2O8Si2/c1-29-35(30-2,31-3)21-15-19-25-23(27)17-13-11-9-7-8-10-12-14-18-24(28)26-20-16-22-36(32-4,33-5)34-6/h13-14,17-18H,7-12,15-16,19-22H2,1-6H3,(H,25,27)(H,26,28)/b17-13+,18-14?. The Morgan fingerprint density at radius 3 is 1.19 bits per heavy atom. The lowest BCUT2D eigenvalue weighted by Gasteiger charge is -2.24. The molecule has 0 spiro atoms. The van der Waals surface area contributed by atoms with Gasteiger partial charge in [0, 0.05) is 67.8 Å². The predicted molar refractivity (Wildman–Crippen MR) is 144 cm³/mol. The van der Waals surface area contributed by atoms with Crippen molar-refractivity contribution in [3.63, 3.8) is 0 Å². The van der Waals surface area contributed by atoms with E-state index in [0.717, 1.165) is 51.4 Å². The number of hydrogen-bond acceptors (Lipinski definition) is 8. The molecule has 0 atom stereocenters. The maximum absolute atomic E-state index is 11.9. The second-order valence-corrected chi connectivity index (χ2v) is 14.4. The predicted octanol–water partition coefficient (Wildman–Crippen LogP) is 3.21. The van der Waals surface area contributed by atoms with Crippen LogP contribution in [0.25, 0.3) is 0 Å². The van der Waals surface area contributed by atoms with E-state index in [9.17, 15) is 9.59 Å². The number of carbonyl (C=O) groups is 2. The molecule has 210 valence electrons. The lowest BCUT2D eigenvalue weighted by atomic mass is 10.1. The Morgan fingerprint density at radius 1 is 0.556 bits per heavy atom. The fourth-order valence-corrected chi connectivity index (χ4v) is 6.97. The van der Waals surface area contributed by atoms with Gasteiger partial charge in [-0.3, -0.25) is 9.59 Å². The summed E-state index contributed by atoms with van der Waals surface area (Å²) in [5.74, 6) is -0.175. The summed E-state index contributed by atoms with van der Waals surface area (Å²) < 4.78 is 32.2. The highest BCUT2D eigenvalue weighted by molar-refractivity contribution is 6.60. The molecule has 10 nitrogen and oxygen atoms in total. The molecule has 0 aromatic carbocycles. The molecule has 0 fully saturated rings. The third kappa shape index (κ3) is 15.7. The van der Waals surface area contributed by atoms with Crippen LogP contribution < -0.4 is 10.6 Å². The maximum atomic E-state index is 11.9. The van der Waals surface area contributed by atoms with Crippen molar-refractivity contribution in [2.24, 2.45) is 0 Å². The van der Waals surface area contributed by atoms with Crippen LogP contribution in [0.3, 0.4) is 0 Å². The van der Waals surface area contributed by atoms with Crippen LogP contribution in [0.1, 0.15) is 51.4 Å². The molecule has 0 aromatic rings. The second kappa shape index (κ2) is 21.7. The molecule has 0 radical (unpaired) electrons. The summed E-state index contributed by atoms with van der Waals surface area (Å²) in [4.78, 5) is 23.7. The van der Waals surface area contributed by atoms with Gasteiger partial charge in [0.1, 0.15) is 0 Å². The summed E-state index contributed by atoms with van der Waals surface area (Å²) in [6.45, 7) is 1.11. The van der Waals surface area contributed by atoms with Gasteiger partial charge in [0.15, 0.2) is 0 Å². The third-order valence-electron chi connectivity index (χ3n) is 5.81. The highest BCUT2D eigenvalue weighted by atomic mass is 28.4. The third-order valence-corrected chi connectivity index (χ3v) is 11.5. The van der Waals surface area contributed by atoms with Crippen molar-refractivity contribution in [1.82, 2.24) is 10.6 Å². The molecule has 0 unspecified atom stereocenters. The molecule has 12 heteroatoms. The van der Waals surface area contributed by atoms with Crippen molar-refractivity contribution in [2.75, 3.05) is 55.7 Å². The average Bonchev–Trinajstić information content (AvgIpc) is 2.90. The summed E-state index contributed by atoms with van der Waals surface area (Å²) in [6, 6.07) is 1.31. The molecule has 0 bridgehead atoms. The average molecular weight is 549 g/mol. The Morgan fingerprint density at radius 2 is 0.889 bits per heavy atom. The quantitative estimate of drug-likeness (QED) is 0.114. The van der Waals surface area contributed by atoms with Crippen LogP contribution in [0.4, 0.5) is 0 Å². The molecule has 0 saturated carbocycles. The van der Waals surface area contributed by atoms with E-state index >= 15 is 0 Å². The Labute approximate surface area is 219 Å². The zero-order chi connectivity index (χ0) is 27.1. The maximum Gasteiger partial charge on any atom is 0.500 e. The lowest BCUT2D eigenvalue weighted by Crippen LogP contribution is -2.43. The Balaban J connectivity index is 3.74. The number of nitrogens with one attached hydrogen (secondary N) is 2. The van der Waals surface area contributed by atoms with Crippen LogP contribution in [0.15, 0.2) is 24.3 Å². The summed E-state index contributed by atoms with van der Waals surface area (Å²) >= 11 is 0. The fourth-order valence-electron chi connectivity index (χ4n) is 3.52. The number of amides is 2. The van der Waals surface area contributed by atoms with Crippen molar-refractivity contribution in [3.05, 3.63) is 24.3 Å². The van der Waals surface area contributed by atoms with E-state index in [-0.39, 0.29) is 11.8 Å². The summed E-state index contributed by atoms with van der Waals surface area (Å²) in [5, 5.41) is 5.73. The Bertz CT molecular complexity index is 571. The largest absolute Gasteiger partial charge is 0.500 e. The van der Waals surface area contributed by atoms with Crippen LogP contribution in [0, 0.1) is 0 Å². The summed E-state index contributed by atoms with van der Waals surface area (Å²) in [6.07, 6.45) is 14.5. The molecule has 0 rings (SSSR count). The molecular formula is C24H48N2O8Si2. The van der Waals surface area contributed by atoms with Crippen LogP contribution in [-0.2, 0) is 36.1 Å². The second-order valence-electron chi connectivity index (χ2n) is 8.18. The normalized spacial score (nSPS) is 12.5. The topological polar surface area (TPSA) is 114 Å². The summed E-state index contributed by atoms with van der Waals surface area (Å²) in [7, 11) is 4.37. The molecule has 2 amide bonds. The number of allylic oxidation sites excluding steroid dienone is 2. The molecule has 36 heavy (non-hydrogen) atoms. The minimum absolute atomic E-state index is 0.0876. The van der Waals surface area contributed by atoms with Crippen molar-refractivity contribution >= 4 is 29.4 Å². The van der Waals surface area contributed by atoms with Gasteiger partial charge in [-0.1, -0.05) is 25.0 Å². The van der Waals surface area contributed by atoms with E-state index in [1.165, 1.54) is 0 Å². The zero-order valence-corrected chi connectivity index (χ0v) is 25.1. The van der Waals surface area contributed by atoms with E-state index in [1.807, 2.05) is 12.2 Å². The van der Waals surface area contributed by atoms with Gasteiger partial charge >= 0.3 is 17.6 Å². The van der Waals surface area contributed by atoms with Gasteiger partial charge in [0.25, 0.3) is 0 Å². The number of rotatable bonds is 23. The Kier molecular flexibility index (Phi) is 20.8. The van der Waals surface area contributed by atoms with Crippen LogP contribution >= 0.6 is 0 Å². The highest BCUT2D eigenvalue weighted by Crippen LogP contribution is 2.15.